The number of carboxylic acids is 1. The van der Waals surface area contributed by atoms with Gasteiger partial charge in [-0.05, 0) is 17.3 Å². The van der Waals surface area contributed by atoms with E-state index in [0.717, 1.165) is 12.8 Å². The van der Waals surface area contributed by atoms with Crippen LogP contribution in [0.5, 0.6) is 0 Å². The monoisotopic (exact) mass is 466 g/mol. The molecule has 0 saturated carbocycles. The second-order valence-corrected chi connectivity index (χ2v) is 8.63. The van der Waals surface area contributed by atoms with Gasteiger partial charge in [0.15, 0.2) is 0 Å². The molecular weight excluding hydrogens is 423 g/mol. The summed E-state index contributed by atoms with van der Waals surface area (Å²) >= 11 is 2.48. The summed E-state index contributed by atoms with van der Waals surface area (Å²) in [7, 11) is 0. The number of hydrogen-bond donors (Lipinski definition) is 1. The number of carbonyl (C=O) groups is 1. The number of unbranched alkanes of at least 4 members (excludes halogenated alkanes) is 18. The number of hydrogen-bond acceptors (Lipinski definition) is 1. The van der Waals surface area contributed by atoms with Crippen LogP contribution in [0.2, 0.25) is 0 Å². The van der Waals surface area contributed by atoms with E-state index in [0.29, 0.717) is 6.42 Å². The number of alkyl halides is 1. The minimum absolute atomic E-state index is 0.346. The minimum Gasteiger partial charge on any atom is -0.481 e. The van der Waals surface area contributed by atoms with Gasteiger partial charge in [0.25, 0.3) is 0 Å². The van der Waals surface area contributed by atoms with Gasteiger partial charge in [-0.2, -0.15) is 0 Å². The van der Waals surface area contributed by atoms with Gasteiger partial charge in [0, 0.05) is 6.42 Å². The van der Waals surface area contributed by atoms with Crippen LogP contribution in [-0.4, -0.2) is 15.5 Å². The van der Waals surface area contributed by atoms with E-state index in [2.05, 4.69) is 22.6 Å². The van der Waals surface area contributed by atoms with Gasteiger partial charge in [0.05, 0.1) is 0 Å². The third-order valence-electron chi connectivity index (χ3n) is 5.02. The normalized spacial score (nSPS) is 11.1. The highest BCUT2D eigenvalue weighted by atomic mass is 127. The van der Waals surface area contributed by atoms with Gasteiger partial charge in [-0.1, -0.05) is 132 Å². The Morgan fingerprint density at radius 2 is 0.720 bits per heavy atom. The molecule has 0 aliphatic heterocycles. The molecule has 2 nitrogen and oxygen atoms in total. The maximum Gasteiger partial charge on any atom is 0.303 e. The van der Waals surface area contributed by atoms with Crippen LogP contribution in [0, 0.1) is 0 Å². The summed E-state index contributed by atoms with van der Waals surface area (Å²) in [5.41, 5.74) is 0. The zero-order valence-electron chi connectivity index (χ0n) is 16.6. The summed E-state index contributed by atoms with van der Waals surface area (Å²) in [5, 5.41) is 8.56. The van der Waals surface area contributed by atoms with Crippen LogP contribution in [0.4, 0.5) is 0 Å². The lowest BCUT2D eigenvalue weighted by Crippen LogP contribution is -1.93. The van der Waals surface area contributed by atoms with Crippen LogP contribution in [0.25, 0.3) is 0 Å². The molecule has 0 fully saturated rings. The summed E-state index contributed by atoms with van der Waals surface area (Å²) < 4.78 is 1.33. The molecule has 0 aromatic heterocycles. The first-order chi connectivity index (χ1) is 12.3. The zero-order chi connectivity index (χ0) is 18.4. The third-order valence-corrected chi connectivity index (χ3v) is 5.79. The van der Waals surface area contributed by atoms with E-state index in [1.807, 2.05) is 0 Å². The van der Waals surface area contributed by atoms with Gasteiger partial charge in [0.2, 0.25) is 0 Å². The van der Waals surface area contributed by atoms with Crippen molar-refractivity contribution in [2.24, 2.45) is 0 Å². The van der Waals surface area contributed by atoms with E-state index in [-0.39, 0.29) is 0 Å². The second kappa shape index (κ2) is 22.2. The van der Waals surface area contributed by atoms with Crippen molar-refractivity contribution in [3.8, 4) is 0 Å². The number of aliphatic carboxylic acids is 1. The molecule has 25 heavy (non-hydrogen) atoms. The molecule has 0 aliphatic carbocycles. The Bertz CT molecular complexity index is 269. The van der Waals surface area contributed by atoms with E-state index < -0.39 is 5.97 Å². The molecule has 0 aromatic carbocycles. The standard InChI is InChI=1S/C22H43IO2/c23-21-19-17-15-13-11-9-7-5-3-1-2-4-6-8-10-12-14-16-18-20-22(24)25/h1-21H2,(H,24,25). The average molecular weight is 466 g/mol. The van der Waals surface area contributed by atoms with Crippen molar-refractivity contribution >= 4 is 28.6 Å². The topological polar surface area (TPSA) is 37.3 Å². The van der Waals surface area contributed by atoms with E-state index in [1.165, 1.54) is 114 Å². The summed E-state index contributed by atoms with van der Waals surface area (Å²) in [6, 6.07) is 0. The Labute approximate surface area is 171 Å². The first kappa shape index (κ1) is 25.2. The summed E-state index contributed by atoms with van der Waals surface area (Å²) in [4.78, 5) is 10.4. The molecule has 0 aromatic rings. The molecule has 0 heterocycles. The first-order valence-corrected chi connectivity index (χ1v) is 12.6. The molecule has 0 spiro atoms. The number of halogens is 1. The largest absolute Gasteiger partial charge is 0.481 e. The smallest absolute Gasteiger partial charge is 0.303 e. The molecule has 0 rings (SSSR count). The van der Waals surface area contributed by atoms with Crippen LogP contribution >= 0.6 is 22.6 Å². The molecule has 0 bridgehead atoms. The summed E-state index contributed by atoms with van der Waals surface area (Å²) in [6.07, 6.45) is 26.2. The fraction of sp³-hybridized carbons (Fsp3) is 0.955. The van der Waals surface area contributed by atoms with E-state index in [4.69, 9.17) is 5.11 Å². The maximum atomic E-state index is 10.4. The van der Waals surface area contributed by atoms with Crippen molar-refractivity contribution in [2.75, 3.05) is 4.43 Å². The Morgan fingerprint density at radius 3 is 0.960 bits per heavy atom. The zero-order valence-corrected chi connectivity index (χ0v) is 18.7. The maximum absolute atomic E-state index is 10.4. The lowest BCUT2D eigenvalue weighted by atomic mass is 10.0. The minimum atomic E-state index is -0.651. The van der Waals surface area contributed by atoms with E-state index in [9.17, 15) is 4.79 Å². The van der Waals surface area contributed by atoms with Crippen LogP contribution in [0.15, 0.2) is 0 Å². The highest BCUT2D eigenvalue weighted by molar-refractivity contribution is 14.1. The average Bonchev–Trinajstić information content (AvgIpc) is 2.60. The Hall–Kier alpha value is 0.200. The molecule has 0 unspecified atom stereocenters. The van der Waals surface area contributed by atoms with Gasteiger partial charge in [0.1, 0.15) is 0 Å². The Balaban J connectivity index is 2.97. The van der Waals surface area contributed by atoms with Crippen molar-refractivity contribution in [3.05, 3.63) is 0 Å². The molecule has 1 N–H and O–H groups in total. The molecule has 0 saturated heterocycles. The predicted molar refractivity (Wildman–Crippen MR) is 119 cm³/mol. The predicted octanol–water partition coefficient (Wildman–Crippen LogP) is 8.31. The molecule has 0 aliphatic rings. The third kappa shape index (κ3) is 24.2. The van der Waals surface area contributed by atoms with Crippen LogP contribution < -0.4 is 0 Å². The Kier molecular flexibility index (Phi) is 22.4. The van der Waals surface area contributed by atoms with Crippen LogP contribution in [0.3, 0.4) is 0 Å². The van der Waals surface area contributed by atoms with Crippen molar-refractivity contribution < 1.29 is 9.90 Å². The molecule has 3 heteroatoms. The quantitative estimate of drug-likeness (QED) is 0.105. The summed E-state index contributed by atoms with van der Waals surface area (Å²) in [6.45, 7) is 0. The lowest BCUT2D eigenvalue weighted by molar-refractivity contribution is -0.137. The molecular formula is C22H43IO2. The molecule has 0 radical (unpaired) electrons. The second-order valence-electron chi connectivity index (χ2n) is 7.55. The van der Waals surface area contributed by atoms with Gasteiger partial charge in [-0.15, -0.1) is 0 Å². The molecule has 0 amide bonds. The van der Waals surface area contributed by atoms with Crippen molar-refractivity contribution in [1.82, 2.24) is 0 Å². The van der Waals surface area contributed by atoms with Crippen LogP contribution in [0.1, 0.15) is 128 Å². The van der Waals surface area contributed by atoms with Gasteiger partial charge in [-0.3, -0.25) is 4.79 Å². The summed E-state index contributed by atoms with van der Waals surface area (Å²) in [5.74, 6) is -0.651. The van der Waals surface area contributed by atoms with Crippen LogP contribution in [-0.2, 0) is 4.79 Å². The first-order valence-electron chi connectivity index (χ1n) is 11.0. The number of carboxylic acid groups (broad SMARTS) is 1. The lowest BCUT2D eigenvalue weighted by Gasteiger charge is -2.04. The van der Waals surface area contributed by atoms with E-state index >= 15 is 0 Å². The number of rotatable bonds is 21. The van der Waals surface area contributed by atoms with Crippen molar-refractivity contribution in [1.29, 1.82) is 0 Å². The van der Waals surface area contributed by atoms with Gasteiger partial charge in [-0.25, -0.2) is 0 Å². The molecule has 150 valence electrons. The highest BCUT2D eigenvalue weighted by Gasteiger charge is 1.97. The molecule has 0 atom stereocenters. The van der Waals surface area contributed by atoms with E-state index in [1.54, 1.807) is 0 Å². The van der Waals surface area contributed by atoms with Crippen molar-refractivity contribution in [2.45, 2.75) is 128 Å². The van der Waals surface area contributed by atoms with Gasteiger partial charge >= 0.3 is 5.97 Å². The van der Waals surface area contributed by atoms with Crippen molar-refractivity contribution in [3.63, 3.8) is 0 Å². The fourth-order valence-corrected chi connectivity index (χ4v) is 3.92. The highest BCUT2D eigenvalue weighted by Crippen LogP contribution is 2.14. The van der Waals surface area contributed by atoms with Gasteiger partial charge < -0.3 is 5.11 Å². The fourth-order valence-electron chi connectivity index (χ4n) is 3.38. The Morgan fingerprint density at radius 1 is 0.480 bits per heavy atom. The SMILES string of the molecule is O=C(O)CCCCCCCCCCCCCCCCCCCCCI.